The van der Waals surface area contributed by atoms with Gasteiger partial charge in [-0.15, -0.1) is 5.10 Å². The molecule has 0 aliphatic rings. The molecule has 0 N–H and O–H groups in total. The highest BCUT2D eigenvalue weighted by Crippen LogP contribution is 2.30. The molecule has 0 unspecified atom stereocenters. The summed E-state index contributed by atoms with van der Waals surface area (Å²) in [4.78, 5) is 0. The van der Waals surface area contributed by atoms with Crippen molar-refractivity contribution in [1.29, 1.82) is 0 Å². The van der Waals surface area contributed by atoms with Crippen LogP contribution in [0.15, 0.2) is 58.2 Å². The molecule has 3 aromatic rings. The molecule has 0 bridgehead atoms. The Labute approximate surface area is 147 Å². The lowest BCUT2D eigenvalue weighted by molar-refractivity contribution is -0.137. The van der Waals surface area contributed by atoms with Gasteiger partial charge in [-0.1, -0.05) is 35.4 Å². The molecule has 1 heterocycles. The van der Waals surface area contributed by atoms with E-state index in [1.807, 2.05) is 0 Å². The molecule has 2 aromatic carbocycles. The van der Waals surface area contributed by atoms with Crippen LogP contribution in [0.5, 0.6) is 0 Å². The minimum absolute atomic E-state index is 0.0351. The molecule has 0 aliphatic heterocycles. The van der Waals surface area contributed by atoms with Gasteiger partial charge in [0.05, 0.1) is 5.56 Å². The highest BCUT2D eigenvalue weighted by molar-refractivity contribution is 7.90. The Morgan fingerprint density at radius 3 is 2.23 bits per heavy atom. The normalized spacial score (nSPS) is 12.3. The number of aromatic nitrogens is 2. The van der Waals surface area contributed by atoms with Gasteiger partial charge in [0.2, 0.25) is 15.7 Å². The molecule has 1 aromatic heterocycles. The van der Waals surface area contributed by atoms with Crippen LogP contribution in [0, 0.1) is 0 Å². The summed E-state index contributed by atoms with van der Waals surface area (Å²) in [5.41, 5.74) is 1.18. The van der Waals surface area contributed by atoms with Crippen LogP contribution >= 0.6 is 0 Å². The molecule has 0 saturated carbocycles. The SMILES string of the molecule is CS(=O)(=O)c1nnc(-c2ccccc2Cc2ccc(C(F)(F)F)cc2)o1. The van der Waals surface area contributed by atoms with Crippen molar-refractivity contribution in [3.05, 3.63) is 65.2 Å². The topological polar surface area (TPSA) is 73.1 Å². The van der Waals surface area contributed by atoms with E-state index in [1.165, 1.54) is 12.1 Å². The summed E-state index contributed by atoms with van der Waals surface area (Å²) < 4.78 is 66.1. The van der Waals surface area contributed by atoms with E-state index in [2.05, 4.69) is 10.2 Å². The Balaban J connectivity index is 1.92. The minimum atomic E-state index is -4.39. The Morgan fingerprint density at radius 2 is 1.65 bits per heavy atom. The van der Waals surface area contributed by atoms with Gasteiger partial charge in [-0.2, -0.15) is 13.2 Å². The Hall–Kier alpha value is -2.68. The van der Waals surface area contributed by atoms with Crippen molar-refractivity contribution in [3.63, 3.8) is 0 Å². The monoisotopic (exact) mass is 382 g/mol. The summed E-state index contributed by atoms with van der Waals surface area (Å²) in [5.74, 6) is 0.0351. The van der Waals surface area contributed by atoms with Crippen molar-refractivity contribution in [2.24, 2.45) is 0 Å². The summed E-state index contributed by atoms with van der Waals surface area (Å²) in [5, 5.41) is 6.79. The first-order valence-corrected chi connectivity index (χ1v) is 9.32. The highest BCUT2D eigenvalue weighted by atomic mass is 32.2. The predicted octanol–water partition coefficient (Wildman–Crippen LogP) is 3.75. The fraction of sp³-hybridized carbons (Fsp3) is 0.176. The van der Waals surface area contributed by atoms with E-state index >= 15 is 0 Å². The Kier molecular flexibility index (Phi) is 4.57. The lowest BCUT2D eigenvalue weighted by atomic mass is 9.99. The first-order valence-electron chi connectivity index (χ1n) is 7.42. The third-order valence-corrected chi connectivity index (χ3v) is 4.45. The average molecular weight is 382 g/mol. The zero-order valence-electron chi connectivity index (χ0n) is 13.5. The first kappa shape index (κ1) is 18.1. The number of halogens is 3. The molecule has 0 amide bonds. The number of hydrogen-bond acceptors (Lipinski definition) is 5. The molecule has 0 saturated heterocycles. The van der Waals surface area contributed by atoms with Gasteiger partial charge in [0.25, 0.3) is 0 Å². The third-order valence-electron chi connectivity index (χ3n) is 3.65. The van der Waals surface area contributed by atoms with Crippen molar-refractivity contribution in [2.45, 2.75) is 17.8 Å². The zero-order valence-corrected chi connectivity index (χ0v) is 14.3. The van der Waals surface area contributed by atoms with E-state index in [0.717, 1.165) is 24.0 Å². The van der Waals surface area contributed by atoms with Gasteiger partial charge in [0.15, 0.2) is 0 Å². The van der Waals surface area contributed by atoms with E-state index in [-0.39, 0.29) is 5.89 Å². The number of rotatable bonds is 4. The van der Waals surface area contributed by atoms with E-state index in [4.69, 9.17) is 4.42 Å². The molecule has 0 radical (unpaired) electrons. The summed E-state index contributed by atoms with van der Waals surface area (Å²) in [6.45, 7) is 0. The molecule has 0 aliphatic carbocycles. The molecule has 0 spiro atoms. The largest absolute Gasteiger partial charge is 0.416 e. The lowest BCUT2D eigenvalue weighted by Crippen LogP contribution is -2.04. The molecule has 5 nitrogen and oxygen atoms in total. The number of hydrogen-bond donors (Lipinski definition) is 0. The Morgan fingerprint density at radius 1 is 1.00 bits per heavy atom. The fourth-order valence-corrected chi connectivity index (χ4v) is 2.80. The second-order valence-electron chi connectivity index (χ2n) is 5.67. The smallest absolute Gasteiger partial charge is 0.408 e. The van der Waals surface area contributed by atoms with Crippen molar-refractivity contribution in [1.82, 2.24) is 10.2 Å². The van der Waals surface area contributed by atoms with Crippen LogP contribution in [0.25, 0.3) is 11.5 Å². The molecular formula is C17H13F3N2O3S. The van der Waals surface area contributed by atoms with Gasteiger partial charge in [0, 0.05) is 11.8 Å². The highest BCUT2D eigenvalue weighted by Gasteiger charge is 2.30. The van der Waals surface area contributed by atoms with Crippen LogP contribution in [0.4, 0.5) is 13.2 Å². The number of alkyl halides is 3. The van der Waals surface area contributed by atoms with Crippen LogP contribution in [0.2, 0.25) is 0 Å². The number of sulfone groups is 1. The summed E-state index contributed by atoms with van der Waals surface area (Å²) in [6, 6.07) is 11.8. The minimum Gasteiger partial charge on any atom is -0.408 e. The average Bonchev–Trinajstić information content (AvgIpc) is 3.05. The van der Waals surface area contributed by atoms with Gasteiger partial charge in [-0.05, 0) is 35.7 Å². The molecule has 0 fully saturated rings. The maximum atomic E-state index is 12.7. The maximum absolute atomic E-state index is 12.7. The third kappa shape index (κ3) is 3.93. The summed E-state index contributed by atoms with van der Waals surface area (Å²) in [6.07, 6.45) is -3.11. The van der Waals surface area contributed by atoms with Crippen LogP contribution in [-0.2, 0) is 22.4 Å². The van der Waals surface area contributed by atoms with Crippen molar-refractivity contribution in [3.8, 4) is 11.5 Å². The molecular weight excluding hydrogens is 369 g/mol. The standard InChI is InChI=1S/C17H13F3N2O3S/c1-26(23,24)16-22-21-15(25-16)14-5-3-2-4-12(14)10-11-6-8-13(9-7-11)17(18,19)20/h2-9H,10H2,1H3. The second-order valence-corrected chi connectivity index (χ2v) is 7.57. The summed E-state index contributed by atoms with van der Waals surface area (Å²) >= 11 is 0. The van der Waals surface area contributed by atoms with Gasteiger partial charge < -0.3 is 4.42 Å². The van der Waals surface area contributed by atoms with E-state index in [0.29, 0.717) is 17.5 Å². The number of benzene rings is 2. The molecule has 26 heavy (non-hydrogen) atoms. The quantitative estimate of drug-likeness (QED) is 0.687. The molecule has 9 heteroatoms. The molecule has 3 rings (SSSR count). The van der Waals surface area contributed by atoms with Crippen LogP contribution in [-0.4, -0.2) is 24.9 Å². The van der Waals surface area contributed by atoms with Crippen LogP contribution in [0.1, 0.15) is 16.7 Å². The van der Waals surface area contributed by atoms with E-state index in [9.17, 15) is 21.6 Å². The molecule has 0 atom stereocenters. The first-order chi connectivity index (χ1) is 12.1. The van der Waals surface area contributed by atoms with E-state index in [1.54, 1.807) is 24.3 Å². The van der Waals surface area contributed by atoms with Gasteiger partial charge in [-0.3, -0.25) is 0 Å². The number of nitrogens with zero attached hydrogens (tertiary/aromatic N) is 2. The van der Waals surface area contributed by atoms with Crippen molar-refractivity contribution >= 4 is 9.84 Å². The van der Waals surface area contributed by atoms with Crippen molar-refractivity contribution in [2.75, 3.05) is 6.26 Å². The van der Waals surface area contributed by atoms with E-state index < -0.39 is 26.8 Å². The summed E-state index contributed by atoms with van der Waals surface area (Å²) in [7, 11) is -3.63. The predicted molar refractivity (Wildman–Crippen MR) is 87.1 cm³/mol. The maximum Gasteiger partial charge on any atom is 0.416 e. The Bertz CT molecular complexity index is 1030. The van der Waals surface area contributed by atoms with Gasteiger partial charge in [-0.25, -0.2) is 8.42 Å². The van der Waals surface area contributed by atoms with Crippen molar-refractivity contribution < 1.29 is 26.0 Å². The molecule has 136 valence electrons. The zero-order chi connectivity index (χ0) is 18.9. The fourth-order valence-electron chi connectivity index (χ4n) is 2.38. The van der Waals surface area contributed by atoms with Crippen LogP contribution < -0.4 is 0 Å². The van der Waals surface area contributed by atoms with Crippen LogP contribution in [0.3, 0.4) is 0 Å². The lowest BCUT2D eigenvalue weighted by Gasteiger charge is -2.09. The second kappa shape index (κ2) is 6.56. The van der Waals surface area contributed by atoms with Gasteiger partial charge >= 0.3 is 11.4 Å². The van der Waals surface area contributed by atoms with Gasteiger partial charge in [0.1, 0.15) is 0 Å².